The van der Waals surface area contributed by atoms with Crippen LogP contribution in [0.1, 0.15) is 0 Å². The van der Waals surface area contributed by atoms with Gasteiger partial charge in [0.2, 0.25) is 0 Å². The SMILES string of the molecule is O=C([O-])[O-].[Zn+2].[Zr]. The minimum Gasteiger partial charge on any atom is -0.652 e. The van der Waals surface area contributed by atoms with Gasteiger partial charge in [0.15, 0.2) is 0 Å². The molecular formula is CO3ZnZr. The minimum absolute atomic E-state index is 0. The van der Waals surface area contributed by atoms with Gasteiger partial charge in [-0.25, -0.2) is 0 Å². The van der Waals surface area contributed by atoms with Gasteiger partial charge in [-0.15, -0.1) is 0 Å². The number of rotatable bonds is 0. The van der Waals surface area contributed by atoms with Crippen molar-refractivity contribution in [1.82, 2.24) is 0 Å². The van der Waals surface area contributed by atoms with Crippen LogP contribution in [-0.4, -0.2) is 6.16 Å². The maximum atomic E-state index is 8.33. The van der Waals surface area contributed by atoms with Gasteiger partial charge < -0.3 is 15.0 Å². The fourth-order valence-electron chi connectivity index (χ4n) is 0. The molecule has 3 nitrogen and oxygen atoms in total. The van der Waals surface area contributed by atoms with Gasteiger partial charge >= 0.3 is 19.5 Å². The van der Waals surface area contributed by atoms with E-state index in [-0.39, 0.29) is 45.7 Å². The molecule has 0 fully saturated rings. The molecule has 0 saturated heterocycles. The van der Waals surface area contributed by atoms with E-state index in [1.165, 1.54) is 0 Å². The summed E-state index contributed by atoms with van der Waals surface area (Å²) in [6.45, 7) is 0. The summed E-state index contributed by atoms with van der Waals surface area (Å²) in [7, 11) is 0. The quantitative estimate of drug-likeness (QED) is 0.422. The van der Waals surface area contributed by atoms with Gasteiger partial charge in [-0.1, -0.05) is 0 Å². The zero-order valence-corrected chi connectivity index (χ0v) is 8.36. The summed E-state index contributed by atoms with van der Waals surface area (Å²) in [5.41, 5.74) is 0. The van der Waals surface area contributed by atoms with Gasteiger partial charge in [0.25, 0.3) is 0 Å². The largest absolute Gasteiger partial charge is 2.00 e. The number of carboxylic acid groups (broad SMARTS) is 2. The maximum absolute atomic E-state index is 8.33. The molecule has 28 valence electrons. The van der Waals surface area contributed by atoms with Crippen LogP contribution in [0.15, 0.2) is 0 Å². The van der Waals surface area contributed by atoms with Crippen LogP contribution in [0.5, 0.6) is 0 Å². The zero-order chi connectivity index (χ0) is 3.58. The van der Waals surface area contributed by atoms with Gasteiger partial charge in [0.1, 0.15) is 0 Å². The van der Waals surface area contributed by atoms with Crippen LogP contribution in [-0.2, 0) is 45.7 Å². The summed E-state index contributed by atoms with van der Waals surface area (Å²) in [6, 6.07) is 0. The van der Waals surface area contributed by atoms with Crippen molar-refractivity contribution in [2.45, 2.75) is 0 Å². The molecule has 0 aliphatic heterocycles. The molecule has 0 amide bonds. The van der Waals surface area contributed by atoms with E-state index < -0.39 is 6.16 Å². The maximum Gasteiger partial charge on any atom is 2.00 e. The van der Waals surface area contributed by atoms with Crippen molar-refractivity contribution in [1.29, 1.82) is 0 Å². The fraction of sp³-hybridized carbons (Fsp3) is 0. The Morgan fingerprint density at radius 2 is 1.33 bits per heavy atom. The Morgan fingerprint density at radius 1 is 1.33 bits per heavy atom. The van der Waals surface area contributed by atoms with Crippen LogP contribution in [0, 0.1) is 0 Å². The summed E-state index contributed by atoms with van der Waals surface area (Å²) >= 11 is 0. The van der Waals surface area contributed by atoms with Crippen LogP contribution in [0.4, 0.5) is 4.79 Å². The average Bonchev–Trinajstić information content (AvgIpc) is 0.811. The van der Waals surface area contributed by atoms with Crippen LogP contribution in [0.25, 0.3) is 0 Å². The molecule has 5 heteroatoms. The van der Waals surface area contributed by atoms with Crippen molar-refractivity contribution >= 4 is 6.16 Å². The molecule has 6 heavy (non-hydrogen) atoms. The molecule has 0 heterocycles. The molecule has 0 aromatic carbocycles. The number of carbonyl (C=O) groups excluding carboxylic acids is 1. The summed E-state index contributed by atoms with van der Waals surface area (Å²) in [5.74, 6) is 0. The molecule has 0 unspecified atom stereocenters. The Kier molecular flexibility index (Phi) is 24.4. The molecule has 0 spiro atoms. The number of carbonyl (C=O) groups is 1. The standard InChI is InChI=1S/CH2O3.Zn.Zr/c2-1(3)4;;/h(H2,2,3,4);;/q;+2;/p-2. The molecule has 0 aromatic heterocycles. The Morgan fingerprint density at radius 3 is 1.33 bits per heavy atom. The van der Waals surface area contributed by atoms with Gasteiger partial charge in [-0.2, -0.15) is 0 Å². The first-order valence-corrected chi connectivity index (χ1v) is 0.612. The van der Waals surface area contributed by atoms with E-state index in [4.69, 9.17) is 15.0 Å². The molecule has 0 aliphatic rings. The van der Waals surface area contributed by atoms with Crippen molar-refractivity contribution in [2.24, 2.45) is 0 Å². The third-order valence-corrected chi connectivity index (χ3v) is 0. The van der Waals surface area contributed by atoms with Crippen molar-refractivity contribution < 1.29 is 60.7 Å². The van der Waals surface area contributed by atoms with E-state index in [0.29, 0.717) is 0 Å². The van der Waals surface area contributed by atoms with Crippen molar-refractivity contribution in [2.75, 3.05) is 0 Å². The predicted octanol–water partition coefficient (Wildman–Crippen LogP) is -2.45. The Hall–Kier alpha value is 0.776. The first kappa shape index (κ1) is 15.9. The van der Waals surface area contributed by atoms with Crippen molar-refractivity contribution in [3.8, 4) is 0 Å². The number of hydrogen-bond acceptors (Lipinski definition) is 3. The van der Waals surface area contributed by atoms with E-state index in [9.17, 15) is 0 Å². The molecular weight excluding hydrogens is 217 g/mol. The Bertz CT molecular complexity index is 33.8. The van der Waals surface area contributed by atoms with E-state index in [0.717, 1.165) is 0 Å². The first-order chi connectivity index (χ1) is 1.73. The molecule has 0 radical (unpaired) electrons. The summed E-state index contributed by atoms with van der Waals surface area (Å²) < 4.78 is 0. The van der Waals surface area contributed by atoms with E-state index in [1.807, 2.05) is 0 Å². The molecule has 0 bridgehead atoms. The second-order valence-electron chi connectivity index (χ2n) is 0.250. The Labute approximate surface area is 66.6 Å². The van der Waals surface area contributed by atoms with E-state index >= 15 is 0 Å². The molecule has 0 N–H and O–H groups in total. The molecule has 0 saturated carbocycles. The topological polar surface area (TPSA) is 63.2 Å². The molecule has 0 aliphatic carbocycles. The summed E-state index contributed by atoms with van der Waals surface area (Å²) in [6.07, 6.45) is -2.33. The second kappa shape index (κ2) is 9.24. The second-order valence-corrected chi connectivity index (χ2v) is 0.250. The third-order valence-electron chi connectivity index (χ3n) is 0. The first-order valence-electron chi connectivity index (χ1n) is 0.612. The fourth-order valence-corrected chi connectivity index (χ4v) is 0. The predicted molar refractivity (Wildman–Crippen MR) is 5.40 cm³/mol. The van der Waals surface area contributed by atoms with Gasteiger partial charge in [0.05, 0.1) is 0 Å². The zero-order valence-electron chi connectivity index (χ0n) is 2.93. The molecule has 0 rings (SSSR count). The molecule has 0 aromatic rings. The summed E-state index contributed by atoms with van der Waals surface area (Å²) in [4.78, 5) is 8.33. The van der Waals surface area contributed by atoms with Gasteiger partial charge in [0, 0.05) is 26.2 Å². The average molecular weight is 217 g/mol. The van der Waals surface area contributed by atoms with E-state index in [2.05, 4.69) is 0 Å². The Balaban J connectivity index is -0.0000000450. The van der Waals surface area contributed by atoms with E-state index in [1.54, 1.807) is 0 Å². The van der Waals surface area contributed by atoms with Crippen LogP contribution < -0.4 is 10.2 Å². The smallest absolute Gasteiger partial charge is 0.652 e. The van der Waals surface area contributed by atoms with Crippen LogP contribution in [0.2, 0.25) is 0 Å². The normalized spacial score (nSPS) is 4.00. The number of hydrogen-bond donors (Lipinski definition) is 0. The van der Waals surface area contributed by atoms with Crippen molar-refractivity contribution in [3.05, 3.63) is 0 Å². The third kappa shape index (κ3) is 113. The van der Waals surface area contributed by atoms with Crippen LogP contribution >= 0.6 is 0 Å². The van der Waals surface area contributed by atoms with Gasteiger partial charge in [-0.05, 0) is 6.16 Å². The van der Waals surface area contributed by atoms with Crippen LogP contribution in [0.3, 0.4) is 0 Å². The monoisotopic (exact) mass is 214 g/mol. The minimum atomic E-state index is -2.33. The molecule has 0 atom stereocenters. The van der Waals surface area contributed by atoms with Crippen molar-refractivity contribution in [3.63, 3.8) is 0 Å². The van der Waals surface area contributed by atoms with Gasteiger partial charge in [-0.3, -0.25) is 0 Å². The summed E-state index contributed by atoms with van der Waals surface area (Å²) in [5, 5.41) is 16.7.